The highest BCUT2D eigenvalue weighted by atomic mass is 79.9. The van der Waals surface area contributed by atoms with Crippen molar-refractivity contribution in [2.24, 2.45) is 0 Å². The molecule has 0 N–H and O–H groups in total. The Kier molecular flexibility index (Phi) is 6.64. The van der Waals surface area contributed by atoms with Gasteiger partial charge in [0.2, 0.25) is 5.91 Å². The van der Waals surface area contributed by atoms with Gasteiger partial charge in [0.05, 0.1) is 4.91 Å². The second kappa shape index (κ2) is 9.00. The molecule has 2 heterocycles. The first-order valence-corrected chi connectivity index (χ1v) is 10.9. The summed E-state index contributed by atoms with van der Waals surface area (Å²) in [6.45, 7) is 9.22. The van der Waals surface area contributed by atoms with Gasteiger partial charge in [-0.3, -0.25) is 19.3 Å². The number of imide groups is 1. The van der Waals surface area contributed by atoms with E-state index in [1.165, 1.54) is 11.0 Å². The summed E-state index contributed by atoms with van der Waals surface area (Å²) in [5.74, 6) is -0.289. The lowest BCUT2D eigenvalue weighted by atomic mass is 10.1. The lowest BCUT2D eigenvalue weighted by molar-refractivity contribution is -0.131. The highest BCUT2D eigenvalue weighted by Gasteiger charge is 2.34. The number of hydrogen-bond acceptors (Lipinski definition) is 4. The Balaban J connectivity index is 2.02. The van der Waals surface area contributed by atoms with Crippen molar-refractivity contribution in [3.05, 3.63) is 52.0 Å². The molecular weight excluding hydrogens is 454 g/mol. The number of likely N-dealkylation sites (N-methyl/N-ethyl adjacent to an activating group) is 1. The summed E-state index contributed by atoms with van der Waals surface area (Å²) < 4.78 is 2.79. The van der Waals surface area contributed by atoms with Gasteiger partial charge in [0, 0.05) is 46.8 Å². The number of amides is 3. The molecule has 1 aromatic heterocycles. The average molecular weight is 476 g/mol. The maximum absolute atomic E-state index is 12.6. The number of halogens is 1. The number of rotatable bonds is 7. The van der Waals surface area contributed by atoms with Gasteiger partial charge in [-0.05, 0) is 49.9 Å². The molecule has 29 heavy (non-hydrogen) atoms. The van der Waals surface area contributed by atoms with Gasteiger partial charge in [-0.2, -0.15) is 0 Å². The second-order valence-corrected chi connectivity index (χ2v) is 8.43. The molecule has 1 aliphatic heterocycles. The molecule has 0 spiro atoms. The molecule has 1 aliphatic rings. The molecule has 0 atom stereocenters. The fourth-order valence-corrected chi connectivity index (χ4v) is 4.49. The molecule has 8 heteroatoms. The third-order valence-electron chi connectivity index (χ3n) is 4.77. The molecule has 0 unspecified atom stereocenters. The summed E-state index contributed by atoms with van der Waals surface area (Å²) in [5.41, 5.74) is 1.68. The van der Waals surface area contributed by atoms with E-state index in [0.717, 1.165) is 32.7 Å². The maximum atomic E-state index is 12.6. The van der Waals surface area contributed by atoms with Crippen LogP contribution in [0.2, 0.25) is 0 Å². The molecule has 1 saturated heterocycles. The third-order valence-corrected chi connectivity index (χ3v) is 6.17. The molecule has 2 aromatic rings. The zero-order chi connectivity index (χ0) is 21.1. The van der Waals surface area contributed by atoms with Gasteiger partial charge in [0.25, 0.3) is 11.1 Å². The zero-order valence-electron chi connectivity index (χ0n) is 16.4. The van der Waals surface area contributed by atoms with Crippen molar-refractivity contribution >= 4 is 61.7 Å². The molecule has 3 rings (SSSR count). The van der Waals surface area contributed by atoms with Crippen LogP contribution >= 0.6 is 27.7 Å². The van der Waals surface area contributed by atoms with E-state index in [2.05, 4.69) is 22.5 Å². The Labute approximate surface area is 182 Å². The predicted molar refractivity (Wildman–Crippen MR) is 120 cm³/mol. The largest absolute Gasteiger partial charge is 0.342 e. The highest BCUT2D eigenvalue weighted by molar-refractivity contribution is 9.10. The van der Waals surface area contributed by atoms with Gasteiger partial charge in [-0.15, -0.1) is 6.58 Å². The Morgan fingerprint density at radius 3 is 2.66 bits per heavy atom. The SMILES string of the molecule is C=CCN1C(=O)S/C(=C\c2cn(CC(=O)N(CC)CC)c3ccc(Br)cc23)C1=O. The van der Waals surface area contributed by atoms with Crippen molar-refractivity contribution in [3.63, 3.8) is 0 Å². The zero-order valence-corrected chi connectivity index (χ0v) is 18.8. The second-order valence-electron chi connectivity index (χ2n) is 6.52. The summed E-state index contributed by atoms with van der Waals surface area (Å²) in [4.78, 5) is 40.6. The summed E-state index contributed by atoms with van der Waals surface area (Å²) in [6.07, 6.45) is 5.11. The van der Waals surface area contributed by atoms with E-state index in [0.29, 0.717) is 18.0 Å². The van der Waals surface area contributed by atoms with Crippen LogP contribution in [-0.2, 0) is 16.1 Å². The van der Waals surface area contributed by atoms with E-state index in [9.17, 15) is 14.4 Å². The van der Waals surface area contributed by atoms with Crippen LogP contribution in [0.1, 0.15) is 19.4 Å². The van der Waals surface area contributed by atoms with Crippen molar-refractivity contribution in [2.75, 3.05) is 19.6 Å². The van der Waals surface area contributed by atoms with Crippen molar-refractivity contribution in [1.29, 1.82) is 0 Å². The molecule has 1 fully saturated rings. The molecule has 1 aromatic carbocycles. The molecule has 6 nitrogen and oxygen atoms in total. The first-order chi connectivity index (χ1) is 13.9. The van der Waals surface area contributed by atoms with Crippen molar-refractivity contribution in [1.82, 2.24) is 14.4 Å². The quantitative estimate of drug-likeness (QED) is 0.436. The lowest BCUT2D eigenvalue weighted by Crippen LogP contribution is -2.33. The molecule has 152 valence electrons. The Morgan fingerprint density at radius 2 is 2.00 bits per heavy atom. The van der Waals surface area contributed by atoms with Crippen LogP contribution in [0.5, 0.6) is 0 Å². The van der Waals surface area contributed by atoms with Crippen LogP contribution in [0.15, 0.2) is 46.4 Å². The number of carbonyl (C=O) groups is 3. The fraction of sp³-hybridized carbons (Fsp3) is 0.286. The number of benzene rings is 1. The van der Waals surface area contributed by atoms with Gasteiger partial charge in [-0.1, -0.05) is 22.0 Å². The molecule has 0 radical (unpaired) electrons. The van der Waals surface area contributed by atoms with Crippen LogP contribution < -0.4 is 0 Å². The number of carbonyl (C=O) groups excluding carboxylic acids is 3. The highest BCUT2D eigenvalue weighted by Crippen LogP contribution is 2.34. The van der Waals surface area contributed by atoms with Gasteiger partial charge in [0.1, 0.15) is 6.54 Å². The van der Waals surface area contributed by atoms with Crippen molar-refractivity contribution in [2.45, 2.75) is 20.4 Å². The predicted octanol–water partition coefficient (Wildman–Crippen LogP) is 4.49. The van der Waals surface area contributed by atoms with E-state index < -0.39 is 0 Å². The fourth-order valence-electron chi connectivity index (χ4n) is 3.29. The van der Waals surface area contributed by atoms with E-state index in [1.54, 1.807) is 11.0 Å². The summed E-state index contributed by atoms with van der Waals surface area (Å²) in [7, 11) is 0. The minimum Gasteiger partial charge on any atom is -0.342 e. The lowest BCUT2D eigenvalue weighted by Gasteiger charge is -2.19. The number of aromatic nitrogens is 1. The molecule has 0 saturated carbocycles. The monoisotopic (exact) mass is 475 g/mol. The minimum atomic E-state index is -0.324. The van der Waals surface area contributed by atoms with E-state index >= 15 is 0 Å². The molecular formula is C21H22BrN3O3S. The van der Waals surface area contributed by atoms with Gasteiger partial charge < -0.3 is 9.47 Å². The summed E-state index contributed by atoms with van der Waals surface area (Å²) >= 11 is 4.41. The summed E-state index contributed by atoms with van der Waals surface area (Å²) in [5, 5.41) is 0.602. The van der Waals surface area contributed by atoms with Crippen LogP contribution in [0.4, 0.5) is 4.79 Å². The van der Waals surface area contributed by atoms with Crippen LogP contribution in [0.3, 0.4) is 0 Å². The Bertz CT molecular complexity index is 1020. The topological polar surface area (TPSA) is 62.6 Å². The molecule has 0 bridgehead atoms. The van der Waals surface area contributed by atoms with Crippen molar-refractivity contribution in [3.8, 4) is 0 Å². The summed E-state index contributed by atoms with van der Waals surface area (Å²) in [6, 6.07) is 5.81. The first kappa shape index (κ1) is 21.4. The van der Waals surface area contributed by atoms with Crippen LogP contribution in [0.25, 0.3) is 17.0 Å². The van der Waals surface area contributed by atoms with Crippen LogP contribution in [0, 0.1) is 0 Å². The van der Waals surface area contributed by atoms with Gasteiger partial charge >= 0.3 is 0 Å². The number of hydrogen-bond donors (Lipinski definition) is 0. The van der Waals surface area contributed by atoms with Gasteiger partial charge in [-0.25, -0.2) is 0 Å². The van der Waals surface area contributed by atoms with Crippen molar-refractivity contribution < 1.29 is 14.4 Å². The number of thioether (sulfide) groups is 1. The third kappa shape index (κ3) is 4.33. The standard InChI is InChI=1S/C21H22BrN3O3S/c1-4-9-25-20(27)18(29-21(25)28)10-14-12-24(13-19(26)23(5-2)6-3)17-8-7-15(22)11-16(14)17/h4,7-8,10-12H,1,5-6,9,13H2,2-3H3/b18-10-. The smallest absolute Gasteiger partial charge is 0.293 e. The van der Waals surface area contributed by atoms with E-state index in [-0.39, 0.29) is 30.1 Å². The molecule has 3 amide bonds. The number of nitrogens with zero attached hydrogens (tertiary/aromatic N) is 3. The van der Waals surface area contributed by atoms with E-state index in [1.807, 2.05) is 42.8 Å². The average Bonchev–Trinajstić information content (AvgIpc) is 3.15. The van der Waals surface area contributed by atoms with Crippen LogP contribution in [-0.4, -0.2) is 51.1 Å². The van der Waals surface area contributed by atoms with E-state index in [4.69, 9.17) is 0 Å². The Morgan fingerprint density at radius 1 is 1.28 bits per heavy atom. The molecule has 0 aliphatic carbocycles. The maximum Gasteiger partial charge on any atom is 0.293 e. The minimum absolute atomic E-state index is 0.0349. The first-order valence-electron chi connectivity index (χ1n) is 9.32. The normalized spacial score (nSPS) is 15.6. The number of fused-ring (bicyclic) bond motifs is 1. The van der Waals surface area contributed by atoms with Gasteiger partial charge in [0.15, 0.2) is 0 Å². The Hall–Kier alpha value is -2.32.